The second kappa shape index (κ2) is 6.08. The molecule has 1 N–H and O–H groups in total. The Bertz CT molecular complexity index is 616. The van der Waals surface area contributed by atoms with Crippen molar-refractivity contribution in [1.82, 2.24) is 0 Å². The number of carboxylic acid groups (broad SMARTS) is 1. The van der Waals surface area contributed by atoms with Crippen molar-refractivity contribution in [2.75, 3.05) is 0 Å². The van der Waals surface area contributed by atoms with Gasteiger partial charge in [0.25, 0.3) is 0 Å². The summed E-state index contributed by atoms with van der Waals surface area (Å²) in [7, 11) is 0. The molecular formula is C14H10ClFO2S. The van der Waals surface area contributed by atoms with Crippen LogP contribution in [0.2, 0.25) is 5.02 Å². The summed E-state index contributed by atoms with van der Waals surface area (Å²) >= 11 is 7.34. The van der Waals surface area contributed by atoms with E-state index in [2.05, 4.69) is 0 Å². The first-order valence-electron chi connectivity index (χ1n) is 5.46. The van der Waals surface area contributed by atoms with E-state index in [1.54, 1.807) is 6.07 Å². The highest BCUT2D eigenvalue weighted by molar-refractivity contribution is 7.98. The predicted octanol–water partition coefficient (Wildman–Crippen LogP) is 4.47. The van der Waals surface area contributed by atoms with Gasteiger partial charge in [-0.3, -0.25) is 0 Å². The smallest absolute Gasteiger partial charge is 0.335 e. The largest absolute Gasteiger partial charge is 0.478 e. The van der Waals surface area contributed by atoms with Crippen LogP contribution in [-0.4, -0.2) is 11.1 Å². The number of aromatic carboxylic acids is 1. The van der Waals surface area contributed by atoms with Gasteiger partial charge in [-0.2, -0.15) is 0 Å². The monoisotopic (exact) mass is 296 g/mol. The summed E-state index contributed by atoms with van der Waals surface area (Å²) in [5.41, 5.74) is 0.587. The second-order valence-electron chi connectivity index (χ2n) is 3.90. The van der Waals surface area contributed by atoms with Gasteiger partial charge in [0, 0.05) is 15.7 Å². The molecular weight excluding hydrogens is 287 g/mol. The molecule has 0 aliphatic heterocycles. The fraction of sp³-hybridized carbons (Fsp3) is 0.0714. The van der Waals surface area contributed by atoms with E-state index >= 15 is 0 Å². The van der Waals surface area contributed by atoms with Crippen molar-refractivity contribution in [1.29, 1.82) is 0 Å². The van der Waals surface area contributed by atoms with Gasteiger partial charge in [-0.25, -0.2) is 9.18 Å². The van der Waals surface area contributed by atoms with Crippen LogP contribution in [0.5, 0.6) is 0 Å². The van der Waals surface area contributed by atoms with E-state index in [9.17, 15) is 9.18 Å². The first kappa shape index (κ1) is 13.9. The zero-order valence-corrected chi connectivity index (χ0v) is 11.3. The van der Waals surface area contributed by atoms with Crippen LogP contribution >= 0.6 is 23.4 Å². The summed E-state index contributed by atoms with van der Waals surface area (Å²) in [4.78, 5) is 11.8. The van der Waals surface area contributed by atoms with Gasteiger partial charge in [0.1, 0.15) is 5.82 Å². The van der Waals surface area contributed by atoms with Gasteiger partial charge in [-0.15, -0.1) is 11.8 Å². The van der Waals surface area contributed by atoms with Crippen LogP contribution < -0.4 is 0 Å². The summed E-state index contributed by atoms with van der Waals surface area (Å²) in [6.07, 6.45) is 0. The number of thioether (sulfide) groups is 1. The third-order valence-corrected chi connectivity index (χ3v) is 3.71. The lowest BCUT2D eigenvalue weighted by atomic mass is 10.1. The van der Waals surface area contributed by atoms with Crippen LogP contribution in [-0.2, 0) is 5.75 Å². The Morgan fingerprint density at radius 3 is 2.74 bits per heavy atom. The molecule has 98 valence electrons. The van der Waals surface area contributed by atoms with Crippen LogP contribution in [0.25, 0.3) is 0 Å². The maximum Gasteiger partial charge on any atom is 0.335 e. The lowest BCUT2D eigenvalue weighted by molar-refractivity contribution is 0.0696. The number of carbonyl (C=O) groups is 1. The molecule has 0 saturated heterocycles. The third-order valence-electron chi connectivity index (χ3n) is 2.41. The second-order valence-corrected chi connectivity index (χ2v) is 5.38. The van der Waals surface area contributed by atoms with E-state index in [-0.39, 0.29) is 5.56 Å². The number of hydrogen-bond donors (Lipinski definition) is 1. The van der Waals surface area contributed by atoms with Crippen molar-refractivity contribution < 1.29 is 14.3 Å². The molecule has 2 aromatic rings. The van der Waals surface area contributed by atoms with E-state index in [0.29, 0.717) is 16.3 Å². The van der Waals surface area contributed by atoms with Gasteiger partial charge < -0.3 is 5.11 Å². The number of carboxylic acids is 1. The molecule has 0 bridgehead atoms. The molecule has 0 amide bonds. The molecule has 0 saturated carbocycles. The maximum absolute atomic E-state index is 13.3. The average molecular weight is 297 g/mol. The van der Waals surface area contributed by atoms with Crippen molar-refractivity contribution in [3.8, 4) is 0 Å². The summed E-state index contributed by atoms with van der Waals surface area (Å²) in [6, 6.07) is 11.1. The first-order valence-corrected chi connectivity index (χ1v) is 6.82. The van der Waals surface area contributed by atoms with Gasteiger partial charge in [0.2, 0.25) is 0 Å². The van der Waals surface area contributed by atoms with Gasteiger partial charge in [0.05, 0.1) is 5.56 Å². The molecule has 0 aliphatic carbocycles. The van der Waals surface area contributed by atoms with E-state index < -0.39 is 11.8 Å². The number of halogens is 2. The van der Waals surface area contributed by atoms with Gasteiger partial charge in [-0.05, 0) is 42.0 Å². The molecule has 2 aromatic carbocycles. The Kier molecular flexibility index (Phi) is 4.45. The lowest BCUT2D eigenvalue weighted by Crippen LogP contribution is -1.98. The molecule has 0 spiro atoms. The molecule has 0 atom stereocenters. The minimum Gasteiger partial charge on any atom is -0.478 e. The Morgan fingerprint density at radius 2 is 2.05 bits per heavy atom. The van der Waals surface area contributed by atoms with Crippen LogP contribution in [0.1, 0.15) is 15.9 Å². The van der Waals surface area contributed by atoms with Crippen molar-refractivity contribution in [2.24, 2.45) is 0 Å². The average Bonchev–Trinajstić information content (AvgIpc) is 2.36. The maximum atomic E-state index is 13.3. The molecule has 0 radical (unpaired) electrons. The molecule has 5 heteroatoms. The standard InChI is InChI=1S/C14H10ClFO2S/c15-11-2-1-3-13(7-11)19-8-9-4-10(14(17)18)6-12(16)5-9/h1-7H,8H2,(H,17,18). The Labute approximate surface area is 119 Å². The van der Waals surface area contributed by atoms with Crippen molar-refractivity contribution in [3.05, 3.63) is 64.4 Å². The number of hydrogen-bond acceptors (Lipinski definition) is 2. The summed E-state index contributed by atoms with van der Waals surface area (Å²) < 4.78 is 13.3. The highest BCUT2D eigenvalue weighted by Crippen LogP contribution is 2.25. The molecule has 0 aliphatic rings. The molecule has 2 rings (SSSR count). The quantitative estimate of drug-likeness (QED) is 0.846. The van der Waals surface area contributed by atoms with Crippen molar-refractivity contribution in [2.45, 2.75) is 10.6 Å². The third kappa shape index (κ3) is 3.98. The van der Waals surface area contributed by atoms with Crippen LogP contribution in [0.4, 0.5) is 4.39 Å². The molecule has 0 unspecified atom stereocenters. The predicted molar refractivity (Wildman–Crippen MR) is 74.4 cm³/mol. The molecule has 19 heavy (non-hydrogen) atoms. The Morgan fingerprint density at radius 1 is 1.26 bits per heavy atom. The zero-order valence-electron chi connectivity index (χ0n) is 9.77. The van der Waals surface area contributed by atoms with Gasteiger partial charge >= 0.3 is 5.97 Å². The highest BCUT2D eigenvalue weighted by Gasteiger charge is 2.07. The minimum atomic E-state index is -1.13. The van der Waals surface area contributed by atoms with Crippen LogP contribution in [0, 0.1) is 5.82 Å². The van der Waals surface area contributed by atoms with E-state index in [1.165, 1.54) is 23.9 Å². The highest BCUT2D eigenvalue weighted by atomic mass is 35.5. The van der Waals surface area contributed by atoms with Crippen LogP contribution in [0.15, 0.2) is 47.4 Å². The topological polar surface area (TPSA) is 37.3 Å². The number of rotatable bonds is 4. The fourth-order valence-electron chi connectivity index (χ4n) is 1.58. The summed E-state index contributed by atoms with van der Waals surface area (Å²) in [6.45, 7) is 0. The summed E-state index contributed by atoms with van der Waals surface area (Å²) in [5, 5.41) is 9.50. The Hall–Kier alpha value is -1.52. The van der Waals surface area contributed by atoms with Crippen molar-refractivity contribution in [3.63, 3.8) is 0 Å². The Balaban J connectivity index is 2.13. The molecule has 0 heterocycles. The fourth-order valence-corrected chi connectivity index (χ4v) is 2.72. The van der Waals surface area contributed by atoms with E-state index in [4.69, 9.17) is 16.7 Å². The van der Waals surface area contributed by atoms with Crippen LogP contribution in [0.3, 0.4) is 0 Å². The SMILES string of the molecule is O=C(O)c1cc(F)cc(CSc2cccc(Cl)c2)c1. The van der Waals surface area contributed by atoms with Crippen molar-refractivity contribution >= 4 is 29.3 Å². The lowest BCUT2D eigenvalue weighted by Gasteiger charge is -2.04. The summed E-state index contributed by atoms with van der Waals surface area (Å²) in [5.74, 6) is -1.19. The normalized spacial score (nSPS) is 10.4. The zero-order chi connectivity index (χ0) is 13.8. The van der Waals surface area contributed by atoms with E-state index in [0.717, 1.165) is 11.0 Å². The van der Waals surface area contributed by atoms with Gasteiger partial charge in [0.15, 0.2) is 0 Å². The van der Waals surface area contributed by atoms with Gasteiger partial charge in [-0.1, -0.05) is 17.7 Å². The van der Waals surface area contributed by atoms with E-state index in [1.807, 2.05) is 18.2 Å². The number of benzene rings is 2. The minimum absolute atomic E-state index is 0.0401. The molecule has 2 nitrogen and oxygen atoms in total. The molecule has 0 aromatic heterocycles. The first-order chi connectivity index (χ1) is 9.04. The molecule has 0 fully saturated rings.